The van der Waals surface area contributed by atoms with Crippen LogP contribution in [0.15, 0.2) is 36.4 Å². The Kier molecular flexibility index (Phi) is 4.49. The van der Waals surface area contributed by atoms with E-state index in [1.807, 2.05) is 24.3 Å². The third-order valence-electron chi connectivity index (χ3n) is 9.22. The van der Waals surface area contributed by atoms with Crippen LogP contribution in [0.25, 0.3) is 0 Å². The molecular formula is C25H33N3O2. The van der Waals surface area contributed by atoms with Gasteiger partial charge in [0.1, 0.15) is 0 Å². The van der Waals surface area contributed by atoms with Crippen LogP contribution < -0.4 is 16.4 Å². The van der Waals surface area contributed by atoms with E-state index in [-0.39, 0.29) is 34.6 Å². The van der Waals surface area contributed by atoms with Crippen LogP contribution in [0.3, 0.4) is 0 Å². The van der Waals surface area contributed by atoms with Gasteiger partial charge in [0.15, 0.2) is 0 Å². The zero-order chi connectivity index (χ0) is 21.1. The maximum Gasteiger partial charge on any atom is 0.243 e. The van der Waals surface area contributed by atoms with Crippen molar-refractivity contribution < 1.29 is 9.59 Å². The van der Waals surface area contributed by atoms with E-state index in [0.717, 1.165) is 44.2 Å². The summed E-state index contributed by atoms with van der Waals surface area (Å²) in [6.45, 7) is 4.69. The summed E-state index contributed by atoms with van der Waals surface area (Å²) in [5, 5.41) is 6.34. The predicted octanol–water partition coefficient (Wildman–Crippen LogP) is 4.12. The summed E-state index contributed by atoms with van der Waals surface area (Å²) in [5.74, 6) is 2.00. The quantitative estimate of drug-likeness (QED) is 0.645. The average molecular weight is 408 g/mol. The maximum atomic E-state index is 13.3. The van der Waals surface area contributed by atoms with E-state index in [4.69, 9.17) is 5.73 Å². The number of nitrogen functional groups attached to an aromatic ring is 1. The van der Waals surface area contributed by atoms with Gasteiger partial charge in [0.25, 0.3) is 0 Å². The van der Waals surface area contributed by atoms with Gasteiger partial charge in [-0.2, -0.15) is 0 Å². The normalized spacial score (nSPS) is 41.9. The van der Waals surface area contributed by atoms with Crippen molar-refractivity contribution in [2.75, 3.05) is 11.1 Å². The van der Waals surface area contributed by atoms with Crippen LogP contribution in [-0.4, -0.2) is 17.9 Å². The van der Waals surface area contributed by atoms with Gasteiger partial charge in [0, 0.05) is 17.4 Å². The highest BCUT2D eigenvalue weighted by atomic mass is 16.2. The van der Waals surface area contributed by atoms with Gasteiger partial charge in [-0.3, -0.25) is 9.59 Å². The highest BCUT2D eigenvalue weighted by Crippen LogP contribution is 2.65. The molecule has 2 unspecified atom stereocenters. The van der Waals surface area contributed by atoms with Crippen molar-refractivity contribution in [2.45, 2.75) is 58.4 Å². The summed E-state index contributed by atoms with van der Waals surface area (Å²) in [6.07, 6.45) is 10.4. The van der Waals surface area contributed by atoms with Crippen molar-refractivity contribution in [2.24, 2.45) is 34.5 Å². The van der Waals surface area contributed by atoms with Gasteiger partial charge in [-0.1, -0.05) is 32.1 Å². The standard InChI is InChI=1S/C25H33N3O2/c1-24-13-11-17-15(7-10-21-25(17,2)14-12-22(29)28-21)16(24)8-9-18(24)23(30)27-20-6-4-3-5-19(20)26/h3-6,12,14-18,21H,7-11,13,26H2,1-2H3,(H,27,30)(H,28,29)/t15-,16-,17+,18?,21?,24-,25+/m0/s1. The van der Waals surface area contributed by atoms with E-state index in [1.54, 1.807) is 6.08 Å². The van der Waals surface area contributed by atoms with Gasteiger partial charge in [-0.05, 0) is 79.9 Å². The zero-order valence-corrected chi connectivity index (χ0v) is 18.0. The van der Waals surface area contributed by atoms with Crippen molar-refractivity contribution in [1.29, 1.82) is 0 Å². The lowest BCUT2D eigenvalue weighted by Crippen LogP contribution is -2.59. The van der Waals surface area contributed by atoms with Crippen molar-refractivity contribution in [3.63, 3.8) is 0 Å². The molecular weight excluding hydrogens is 374 g/mol. The van der Waals surface area contributed by atoms with E-state index in [1.165, 1.54) is 0 Å². The number of nitrogens with two attached hydrogens (primary N) is 1. The maximum absolute atomic E-state index is 13.3. The van der Waals surface area contributed by atoms with Crippen LogP contribution >= 0.6 is 0 Å². The van der Waals surface area contributed by atoms with Crippen LogP contribution in [0, 0.1) is 34.5 Å². The van der Waals surface area contributed by atoms with Crippen molar-refractivity contribution in [1.82, 2.24) is 5.32 Å². The van der Waals surface area contributed by atoms with Gasteiger partial charge in [0.05, 0.1) is 11.4 Å². The molecule has 0 spiro atoms. The summed E-state index contributed by atoms with van der Waals surface area (Å²) in [5.41, 5.74) is 7.47. The summed E-state index contributed by atoms with van der Waals surface area (Å²) in [7, 11) is 0. The molecule has 5 nitrogen and oxygen atoms in total. The van der Waals surface area contributed by atoms with E-state index in [0.29, 0.717) is 23.4 Å². The largest absolute Gasteiger partial charge is 0.397 e. The number of nitrogens with one attached hydrogen (secondary N) is 2. The number of para-hydroxylation sites is 2. The third kappa shape index (κ3) is 2.81. The molecule has 0 saturated heterocycles. The Labute approximate surface area is 178 Å². The first kappa shape index (κ1) is 19.7. The van der Waals surface area contributed by atoms with Crippen molar-refractivity contribution in [3.8, 4) is 0 Å². The zero-order valence-electron chi connectivity index (χ0n) is 18.0. The Balaban J connectivity index is 1.38. The minimum atomic E-state index is 0.0372. The number of carbonyl (C=O) groups excluding carboxylic acids is 2. The number of fused-ring (bicyclic) bond motifs is 5. The fraction of sp³-hybridized carbons (Fsp3) is 0.600. The molecule has 2 amide bonds. The minimum absolute atomic E-state index is 0.0372. The van der Waals surface area contributed by atoms with Gasteiger partial charge in [0.2, 0.25) is 11.8 Å². The second-order valence-corrected chi connectivity index (χ2v) is 10.5. The molecule has 160 valence electrons. The Hall–Kier alpha value is -2.30. The molecule has 4 aliphatic rings. The summed E-state index contributed by atoms with van der Waals surface area (Å²) < 4.78 is 0. The summed E-state index contributed by atoms with van der Waals surface area (Å²) >= 11 is 0. The summed E-state index contributed by atoms with van der Waals surface area (Å²) in [4.78, 5) is 25.2. The number of hydrogen-bond donors (Lipinski definition) is 3. The number of benzene rings is 1. The second kappa shape index (κ2) is 6.86. The fourth-order valence-electron chi connectivity index (χ4n) is 7.59. The molecule has 0 radical (unpaired) electrons. The van der Waals surface area contributed by atoms with E-state index < -0.39 is 0 Å². The molecule has 7 atom stereocenters. The first-order valence-electron chi connectivity index (χ1n) is 11.5. The van der Waals surface area contributed by atoms with E-state index >= 15 is 0 Å². The Morgan fingerprint density at radius 3 is 2.70 bits per heavy atom. The lowest BCUT2D eigenvalue weighted by Gasteiger charge is -2.58. The Morgan fingerprint density at radius 2 is 1.90 bits per heavy atom. The third-order valence-corrected chi connectivity index (χ3v) is 9.22. The smallest absolute Gasteiger partial charge is 0.243 e. The SMILES string of the molecule is C[C@]12C=CC(=O)NC1CC[C@@H]1[C@H]2CC[C@]2(C)C(C(=O)Nc3ccccc3N)CC[C@@H]12. The van der Waals surface area contributed by atoms with Crippen LogP contribution in [0.1, 0.15) is 52.4 Å². The molecule has 1 aromatic rings. The van der Waals surface area contributed by atoms with Gasteiger partial charge < -0.3 is 16.4 Å². The number of hydrogen-bond acceptors (Lipinski definition) is 3. The molecule has 1 heterocycles. The molecule has 0 aromatic heterocycles. The lowest BCUT2D eigenvalue weighted by atomic mass is 9.48. The van der Waals surface area contributed by atoms with E-state index in [9.17, 15) is 9.59 Å². The van der Waals surface area contributed by atoms with E-state index in [2.05, 4.69) is 30.6 Å². The number of amides is 2. The topological polar surface area (TPSA) is 84.2 Å². The fourth-order valence-corrected chi connectivity index (χ4v) is 7.59. The molecule has 5 heteroatoms. The molecule has 1 aliphatic heterocycles. The van der Waals surface area contributed by atoms with Gasteiger partial charge in [-0.15, -0.1) is 0 Å². The Bertz CT molecular complexity index is 911. The molecule has 3 saturated carbocycles. The molecule has 0 bridgehead atoms. The molecule has 30 heavy (non-hydrogen) atoms. The van der Waals surface area contributed by atoms with Crippen molar-refractivity contribution in [3.05, 3.63) is 36.4 Å². The molecule has 3 fully saturated rings. The van der Waals surface area contributed by atoms with Crippen LogP contribution in [0.5, 0.6) is 0 Å². The molecule has 3 aliphatic carbocycles. The van der Waals surface area contributed by atoms with Crippen molar-refractivity contribution >= 4 is 23.2 Å². The predicted molar refractivity (Wildman–Crippen MR) is 118 cm³/mol. The van der Waals surface area contributed by atoms with Crippen LogP contribution in [0.4, 0.5) is 11.4 Å². The van der Waals surface area contributed by atoms with Crippen LogP contribution in [-0.2, 0) is 9.59 Å². The number of rotatable bonds is 2. The van der Waals surface area contributed by atoms with Gasteiger partial charge in [-0.25, -0.2) is 0 Å². The Morgan fingerprint density at radius 1 is 1.10 bits per heavy atom. The summed E-state index contributed by atoms with van der Waals surface area (Å²) in [6, 6.07) is 7.76. The first-order valence-corrected chi connectivity index (χ1v) is 11.5. The number of anilines is 2. The highest BCUT2D eigenvalue weighted by molar-refractivity contribution is 5.96. The highest BCUT2D eigenvalue weighted by Gasteiger charge is 2.60. The lowest BCUT2D eigenvalue weighted by molar-refractivity contribution is -0.129. The number of carbonyl (C=O) groups is 2. The first-order chi connectivity index (χ1) is 14.3. The second-order valence-electron chi connectivity index (χ2n) is 10.5. The van der Waals surface area contributed by atoms with Crippen LogP contribution in [0.2, 0.25) is 0 Å². The minimum Gasteiger partial charge on any atom is -0.397 e. The average Bonchev–Trinajstić information content (AvgIpc) is 3.07. The molecule has 4 N–H and O–H groups in total. The monoisotopic (exact) mass is 407 g/mol. The van der Waals surface area contributed by atoms with Gasteiger partial charge >= 0.3 is 0 Å². The molecule has 5 rings (SSSR count). The molecule has 1 aromatic carbocycles.